The molecular formula is C39H26N8. The number of fused-ring (bicyclic) bond motifs is 3. The Morgan fingerprint density at radius 1 is 0.489 bits per heavy atom. The number of aromatic nitrogens is 7. The summed E-state index contributed by atoms with van der Waals surface area (Å²) in [6.07, 6.45) is 0. The Balaban J connectivity index is 1.40. The van der Waals surface area contributed by atoms with Gasteiger partial charge in [0, 0.05) is 33.0 Å². The highest BCUT2D eigenvalue weighted by Crippen LogP contribution is 2.38. The molecule has 0 N–H and O–H groups in total. The van der Waals surface area contributed by atoms with Crippen LogP contribution in [0.25, 0.3) is 73.0 Å². The van der Waals surface area contributed by atoms with Crippen molar-refractivity contribution in [1.82, 2.24) is 34.5 Å². The predicted molar refractivity (Wildman–Crippen MR) is 183 cm³/mol. The van der Waals surface area contributed by atoms with E-state index >= 15 is 0 Å². The second-order valence-corrected chi connectivity index (χ2v) is 11.2. The summed E-state index contributed by atoms with van der Waals surface area (Å²) >= 11 is 0. The predicted octanol–water partition coefficient (Wildman–Crippen LogP) is 8.31. The molecule has 8 rings (SSSR count). The molecule has 0 aliphatic carbocycles. The third kappa shape index (κ3) is 5.06. The van der Waals surface area contributed by atoms with E-state index in [0.29, 0.717) is 40.5 Å². The molecule has 0 unspecified atom stereocenters. The molecule has 8 heteroatoms. The van der Waals surface area contributed by atoms with E-state index in [1.807, 2.05) is 111 Å². The number of para-hydroxylation sites is 1. The highest BCUT2D eigenvalue weighted by Gasteiger charge is 2.20. The van der Waals surface area contributed by atoms with Gasteiger partial charge in [-0.05, 0) is 56.3 Å². The molecule has 0 aliphatic heterocycles. The number of nitriles is 1. The van der Waals surface area contributed by atoms with Gasteiger partial charge in [0.05, 0.1) is 28.4 Å². The van der Waals surface area contributed by atoms with Crippen LogP contribution in [0.15, 0.2) is 121 Å². The molecule has 3 heterocycles. The number of rotatable bonds is 5. The molecule has 0 fully saturated rings. The van der Waals surface area contributed by atoms with E-state index in [1.165, 1.54) is 0 Å². The quantitative estimate of drug-likeness (QED) is 0.194. The molecule has 222 valence electrons. The van der Waals surface area contributed by atoms with Crippen molar-refractivity contribution in [3.63, 3.8) is 0 Å². The lowest BCUT2D eigenvalue weighted by atomic mass is 10.1. The van der Waals surface area contributed by atoms with E-state index < -0.39 is 0 Å². The molecule has 0 spiro atoms. The van der Waals surface area contributed by atoms with Crippen molar-refractivity contribution in [2.24, 2.45) is 0 Å². The first-order valence-electron chi connectivity index (χ1n) is 15.2. The van der Waals surface area contributed by atoms with Gasteiger partial charge in [0.15, 0.2) is 23.3 Å². The lowest BCUT2D eigenvalue weighted by Gasteiger charge is -2.15. The number of benzene rings is 5. The van der Waals surface area contributed by atoms with Crippen LogP contribution in [0.2, 0.25) is 0 Å². The third-order valence-electron chi connectivity index (χ3n) is 8.10. The van der Waals surface area contributed by atoms with Crippen molar-refractivity contribution < 1.29 is 0 Å². The van der Waals surface area contributed by atoms with E-state index in [1.54, 1.807) is 0 Å². The normalized spacial score (nSPS) is 11.2. The fraction of sp³-hybridized carbons (Fsp3) is 0.0513. The van der Waals surface area contributed by atoms with Gasteiger partial charge < -0.3 is 4.57 Å². The number of aryl methyl sites for hydroxylation is 2. The van der Waals surface area contributed by atoms with Gasteiger partial charge in [-0.1, -0.05) is 78.9 Å². The van der Waals surface area contributed by atoms with Crippen LogP contribution in [0.1, 0.15) is 17.2 Å². The summed E-state index contributed by atoms with van der Waals surface area (Å²) in [5.74, 6) is 3.58. The van der Waals surface area contributed by atoms with Crippen LogP contribution in [-0.4, -0.2) is 34.5 Å². The topological polar surface area (TPSA) is 106 Å². The minimum Gasteiger partial charge on any atom is -0.308 e. The van der Waals surface area contributed by atoms with Crippen LogP contribution in [0.4, 0.5) is 0 Å². The minimum absolute atomic E-state index is 0.475. The summed E-state index contributed by atoms with van der Waals surface area (Å²) in [7, 11) is 0. The second kappa shape index (κ2) is 11.4. The monoisotopic (exact) mass is 606 g/mol. The zero-order valence-corrected chi connectivity index (χ0v) is 25.6. The van der Waals surface area contributed by atoms with Gasteiger partial charge in [0.25, 0.3) is 0 Å². The van der Waals surface area contributed by atoms with Crippen LogP contribution >= 0.6 is 0 Å². The van der Waals surface area contributed by atoms with Gasteiger partial charge in [-0.25, -0.2) is 29.9 Å². The number of hydrogen-bond donors (Lipinski definition) is 0. The Hall–Kier alpha value is -6.59. The van der Waals surface area contributed by atoms with Crippen molar-refractivity contribution >= 4 is 21.8 Å². The van der Waals surface area contributed by atoms with Crippen LogP contribution in [-0.2, 0) is 0 Å². The Bertz CT molecular complexity index is 2420. The van der Waals surface area contributed by atoms with E-state index in [4.69, 9.17) is 15.0 Å². The van der Waals surface area contributed by atoms with E-state index in [2.05, 4.69) is 49.9 Å². The fourth-order valence-corrected chi connectivity index (χ4v) is 6.03. The highest BCUT2D eigenvalue weighted by molar-refractivity contribution is 6.10. The van der Waals surface area contributed by atoms with Gasteiger partial charge in [0.1, 0.15) is 11.6 Å². The molecule has 5 aromatic carbocycles. The first-order chi connectivity index (χ1) is 23.1. The molecule has 8 nitrogen and oxygen atoms in total. The zero-order chi connectivity index (χ0) is 31.9. The smallest absolute Gasteiger partial charge is 0.166 e. The molecule has 0 saturated heterocycles. The van der Waals surface area contributed by atoms with Crippen molar-refractivity contribution in [3.05, 3.63) is 139 Å². The van der Waals surface area contributed by atoms with Gasteiger partial charge in [-0.3, -0.25) is 0 Å². The molecule has 3 aromatic heterocycles. The molecular weight excluding hydrogens is 580 g/mol. The van der Waals surface area contributed by atoms with Crippen LogP contribution in [0.3, 0.4) is 0 Å². The third-order valence-corrected chi connectivity index (χ3v) is 8.10. The Labute approximate surface area is 270 Å². The standard InChI is InChI=1S/C39H26N8/c1-24-41-25(2)43-38(42-24)29-18-20-34-31(22-29)30-15-9-10-16-33(30)47(34)35-19-17-26(23-40)21-32(35)39-45-36(27-11-5-3-6-12-27)44-37(46-39)28-13-7-4-8-14-28/h3-22H,1-2H3. The maximum Gasteiger partial charge on any atom is 0.166 e. The van der Waals surface area contributed by atoms with Gasteiger partial charge >= 0.3 is 0 Å². The summed E-state index contributed by atoms with van der Waals surface area (Å²) in [4.78, 5) is 28.5. The molecule has 0 bridgehead atoms. The molecule has 0 aliphatic rings. The molecule has 0 saturated carbocycles. The molecule has 0 radical (unpaired) electrons. The summed E-state index contributed by atoms with van der Waals surface area (Å²) in [5, 5.41) is 12.1. The Morgan fingerprint density at radius 3 is 1.72 bits per heavy atom. The second-order valence-electron chi connectivity index (χ2n) is 11.2. The zero-order valence-electron chi connectivity index (χ0n) is 25.6. The summed E-state index contributed by atoms with van der Waals surface area (Å²) in [5.41, 5.74) is 6.73. The van der Waals surface area contributed by atoms with Crippen molar-refractivity contribution in [3.8, 4) is 57.3 Å². The van der Waals surface area contributed by atoms with E-state index in [0.717, 1.165) is 49.7 Å². The van der Waals surface area contributed by atoms with Crippen molar-refractivity contribution in [2.75, 3.05) is 0 Å². The van der Waals surface area contributed by atoms with Gasteiger partial charge in [-0.2, -0.15) is 5.26 Å². The average molecular weight is 607 g/mol. The van der Waals surface area contributed by atoms with Crippen molar-refractivity contribution in [2.45, 2.75) is 13.8 Å². The first-order valence-corrected chi connectivity index (χ1v) is 15.2. The molecule has 0 amide bonds. The fourth-order valence-electron chi connectivity index (χ4n) is 6.03. The maximum atomic E-state index is 9.99. The van der Waals surface area contributed by atoms with Crippen LogP contribution in [0, 0.1) is 25.2 Å². The number of hydrogen-bond acceptors (Lipinski definition) is 7. The molecule has 0 atom stereocenters. The van der Waals surface area contributed by atoms with Gasteiger partial charge in [0.2, 0.25) is 0 Å². The highest BCUT2D eigenvalue weighted by atomic mass is 15.1. The Kier molecular flexibility index (Phi) is 6.77. The van der Waals surface area contributed by atoms with Crippen LogP contribution in [0.5, 0.6) is 0 Å². The van der Waals surface area contributed by atoms with Gasteiger partial charge in [-0.15, -0.1) is 0 Å². The largest absolute Gasteiger partial charge is 0.308 e. The summed E-state index contributed by atoms with van der Waals surface area (Å²) in [6, 6.07) is 42.3. The summed E-state index contributed by atoms with van der Waals surface area (Å²) < 4.78 is 2.21. The van der Waals surface area contributed by atoms with E-state index in [-0.39, 0.29) is 0 Å². The Morgan fingerprint density at radius 2 is 1.06 bits per heavy atom. The van der Waals surface area contributed by atoms with E-state index in [9.17, 15) is 5.26 Å². The average Bonchev–Trinajstić information content (AvgIpc) is 3.45. The maximum absolute atomic E-state index is 9.99. The SMILES string of the molecule is Cc1nc(C)nc(-c2ccc3c(c2)c2ccccc2n3-c2ccc(C#N)cc2-c2nc(-c3ccccc3)nc(-c3ccccc3)n2)n1. The van der Waals surface area contributed by atoms with Crippen molar-refractivity contribution in [1.29, 1.82) is 5.26 Å². The minimum atomic E-state index is 0.475. The number of nitrogens with zero attached hydrogens (tertiary/aromatic N) is 8. The lowest BCUT2D eigenvalue weighted by Crippen LogP contribution is -2.04. The van der Waals surface area contributed by atoms with Crippen LogP contribution < -0.4 is 0 Å². The first kappa shape index (κ1) is 27.9. The lowest BCUT2D eigenvalue weighted by molar-refractivity contribution is 0.929. The molecule has 47 heavy (non-hydrogen) atoms. The summed E-state index contributed by atoms with van der Waals surface area (Å²) in [6.45, 7) is 3.76. The molecule has 8 aromatic rings.